The number of carbonyl (C=O) groups excluding carboxylic acids is 2. The van der Waals surface area contributed by atoms with Crippen molar-refractivity contribution in [1.82, 2.24) is 0 Å². The number of nitro groups is 1. The Kier molecular flexibility index (Phi) is 6.25. The number of nitriles is 1. The minimum Gasteiger partial charge on any atom is -0.465 e. The smallest absolute Gasteiger partial charge is 0.348 e. The molecule has 9 heteroatoms. The number of nitro benzene ring substituents is 1. The highest BCUT2D eigenvalue weighted by Gasteiger charge is 2.17. The summed E-state index contributed by atoms with van der Waals surface area (Å²) in [6, 6.07) is 11.2. The third-order valence-corrected chi connectivity index (χ3v) is 3.60. The summed E-state index contributed by atoms with van der Waals surface area (Å²) in [6.07, 6.45) is 1.28. The predicted molar refractivity (Wildman–Crippen MR) is 95.1 cm³/mol. The zero-order valence-corrected chi connectivity index (χ0v) is 14.6. The summed E-state index contributed by atoms with van der Waals surface area (Å²) in [5, 5.41) is 19.6. The first kappa shape index (κ1) is 19.6. The van der Waals surface area contributed by atoms with Crippen LogP contribution in [-0.4, -0.2) is 24.0 Å². The molecule has 0 radical (unpaired) electrons. The topological polar surface area (TPSA) is 120 Å². The largest absolute Gasteiger partial charge is 0.465 e. The minimum atomic E-state index is -0.815. The normalized spacial score (nSPS) is 10.6. The summed E-state index contributed by atoms with van der Waals surface area (Å²) in [5.41, 5.74) is -0.0950. The van der Waals surface area contributed by atoms with Crippen molar-refractivity contribution in [2.24, 2.45) is 0 Å². The van der Waals surface area contributed by atoms with Gasteiger partial charge < -0.3 is 9.47 Å². The van der Waals surface area contributed by atoms with Crippen molar-refractivity contribution in [1.29, 1.82) is 5.26 Å². The Morgan fingerprint density at radius 3 is 2.59 bits per heavy atom. The average molecular weight is 387 g/mol. The highest BCUT2D eigenvalue weighted by atomic mass is 35.5. The highest BCUT2D eigenvalue weighted by Crippen LogP contribution is 2.24. The Balaban J connectivity index is 2.25. The standard InChI is InChI=1S/C18H11ClN2O6/c1-26-17(22)12(10-20)7-11-3-2-4-14(8-11)27-18(23)15-6-5-13(21(24)25)9-16(15)19/h2-9H,1H3. The van der Waals surface area contributed by atoms with E-state index in [0.29, 0.717) is 5.56 Å². The molecule has 2 aromatic rings. The molecule has 0 spiro atoms. The number of halogens is 1. The van der Waals surface area contributed by atoms with Crippen molar-refractivity contribution in [2.45, 2.75) is 0 Å². The summed E-state index contributed by atoms with van der Waals surface area (Å²) >= 11 is 5.90. The van der Waals surface area contributed by atoms with Crippen molar-refractivity contribution in [3.05, 3.63) is 74.3 Å². The number of non-ortho nitro benzene ring substituents is 1. The third-order valence-electron chi connectivity index (χ3n) is 3.29. The minimum absolute atomic E-state index is 0.0458. The number of ether oxygens (including phenoxy) is 2. The lowest BCUT2D eigenvalue weighted by Crippen LogP contribution is -2.09. The monoisotopic (exact) mass is 386 g/mol. The molecule has 2 aromatic carbocycles. The summed E-state index contributed by atoms with van der Waals surface area (Å²) in [7, 11) is 1.15. The quantitative estimate of drug-likeness (QED) is 0.192. The number of hydrogen-bond donors (Lipinski definition) is 0. The summed E-state index contributed by atoms with van der Waals surface area (Å²) < 4.78 is 9.69. The van der Waals surface area contributed by atoms with Crippen LogP contribution < -0.4 is 4.74 Å². The van der Waals surface area contributed by atoms with Gasteiger partial charge in [0.15, 0.2) is 0 Å². The molecule has 0 N–H and O–H groups in total. The predicted octanol–water partition coefficient (Wildman–Crippen LogP) is 3.55. The van der Waals surface area contributed by atoms with Crippen molar-refractivity contribution in [3.8, 4) is 11.8 Å². The molecule has 0 fully saturated rings. The second-order valence-electron chi connectivity index (χ2n) is 5.04. The van der Waals surface area contributed by atoms with Gasteiger partial charge in [0.2, 0.25) is 0 Å². The molecule has 0 heterocycles. The fourth-order valence-electron chi connectivity index (χ4n) is 2.03. The van der Waals surface area contributed by atoms with E-state index in [2.05, 4.69) is 4.74 Å². The first-order chi connectivity index (χ1) is 12.8. The van der Waals surface area contributed by atoms with Crippen LogP contribution in [0.15, 0.2) is 48.0 Å². The maximum atomic E-state index is 12.2. The molecule has 0 aliphatic heterocycles. The summed E-state index contributed by atoms with van der Waals surface area (Å²) in [4.78, 5) is 33.8. The first-order valence-electron chi connectivity index (χ1n) is 7.32. The van der Waals surface area contributed by atoms with Gasteiger partial charge in [-0.25, -0.2) is 9.59 Å². The lowest BCUT2D eigenvalue weighted by molar-refractivity contribution is -0.384. The van der Waals surface area contributed by atoms with Gasteiger partial charge in [0.25, 0.3) is 5.69 Å². The van der Waals surface area contributed by atoms with Crippen LogP contribution >= 0.6 is 11.6 Å². The molecule has 0 saturated carbocycles. The highest BCUT2D eigenvalue weighted by molar-refractivity contribution is 6.33. The van der Waals surface area contributed by atoms with E-state index in [9.17, 15) is 19.7 Å². The maximum Gasteiger partial charge on any atom is 0.348 e. The van der Waals surface area contributed by atoms with Crippen LogP contribution in [0, 0.1) is 21.4 Å². The lowest BCUT2D eigenvalue weighted by Gasteiger charge is -2.07. The number of carbonyl (C=O) groups is 2. The second-order valence-corrected chi connectivity index (χ2v) is 5.45. The van der Waals surface area contributed by atoms with Crippen LogP contribution in [0.1, 0.15) is 15.9 Å². The van der Waals surface area contributed by atoms with E-state index in [1.165, 1.54) is 24.3 Å². The molecule has 0 aromatic heterocycles. The first-order valence-corrected chi connectivity index (χ1v) is 7.69. The van der Waals surface area contributed by atoms with E-state index in [4.69, 9.17) is 21.6 Å². The Bertz CT molecular complexity index is 994. The van der Waals surface area contributed by atoms with Crippen LogP contribution in [0.25, 0.3) is 6.08 Å². The van der Waals surface area contributed by atoms with Crippen LogP contribution in [0.3, 0.4) is 0 Å². The van der Waals surface area contributed by atoms with Gasteiger partial charge in [-0.05, 0) is 29.8 Å². The van der Waals surface area contributed by atoms with Crippen LogP contribution in [0.4, 0.5) is 5.69 Å². The molecule has 0 unspecified atom stereocenters. The molecule has 8 nitrogen and oxygen atoms in total. The zero-order valence-electron chi connectivity index (χ0n) is 13.8. The Hall–Kier alpha value is -3.70. The van der Waals surface area contributed by atoms with Gasteiger partial charge in [-0.1, -0.05) is 23.7 Å². The molecule has 27 heavy (non-hydrogen) atoms. The molecular weight excluding hydrogens is 376 g/mol. The van der Waals surface area contributed by atoms with E-state index in [1.807, 2.05) is 0 Å². The average Bonchev–Trinajstić information content (AvgIpc) is 2.65. The van der Waals surface area contributed by atoms with E-state index >= 15 is 0 Å². The number of methoxy groups -OCH3 is 1. The Morgan fingerprint density at radius 1 is 1.26 bits per heavy atom. The van der Waals surface area contributed by atoms with E-state index in [1.54, 1.807) is 18.2 Å². The SMILES string of the molecule is COC(=O)C(C#N)=Cc1cccc(OC(=O)c2ccc([N+](=O)[O-])cc2Cl)c1. The van der Waals surface area contributed by atoms with Gasteiger partial charge in [-0.2, -0.15) is 5.26 Å². The van der Waals surface area contributed by atoms with Crippen molar-refractivity contribution in [3.63, 3.8) is 0 Å². The van der Waals surface area contributed by atoms with Crippen molar-refractivity contribution < 1.29 is 24.0 Å². The van der Waals surface area contributed by atoms with Gasteiger partial charge in [0.1, 0.15) is 17.4 Å². The molecule has 136 valence electrons. The van der Waals surface area contributed by atoms with E-state index < -0.39 is 16.9 Å². The van der Waals surface area contributed by atoms with Gasteiger partial charge in [0.05, 0.1) is 22.6 Å². The van der Waals surface area contributed by atoms with Crippen LogP contribution in [0.2, 0.25) is 5.02 Å². The Labute approximate surface area is 158 Å². The fourth-order valence-corrected chi connectivity index (χ4v) is 2.28. The molecule has 0 amide bonds. The molecule has 0 aliphatic carbocycles. The molecule has 0 atom stereocenters. The second kappa shape index (κ2) is 8.60. The van der Waals surface area contributed by atoms with E-state index in [0.717, 1.165) is 19.2 Å². The fraction of sp³-hybridized carbons (Fsp3) is 0.0556. The molecule has 0 bridgehead atoms. The number of hydrogen-bond acceptors (Lipinski definition) is 7. The number of benzene rings is 2. The van der Waals surface area contributed by atoms with Gasteiger partial charge in [-0.3, -0.25) is 10.1 Å². The maximum absolute atomic E-state index is 12.2. The molecular formula is C18H11ClN2O6. The Morgan fingerprint density at radius 2 is 2.00 bits per heavy atom. The molecule has 0 saturated heterocycles. The summed E-state index contributed by atoms with van der Waals surface area (Å²) in [6.45, 7) is 0. The van der Waals surface area contributed by atoms with Gasteiger partial charge in [0, 0.05) is 12.1 Å². The van der Waals surface area contributed by atoms with Crippen molar-refractivity contribution >= 4 is 35.3 Å². The molecule has 2 rings (SSSR count). The third kappa shape index (κ3) is 4.90. The van der Waals surface area contributed by atoms with Crippen LogP contribution in [-0.2, 0) is 9.53 Å². The van der Waals surface area contributed by atoms with Gasteiger partial charge in [-0.15, -0.1) is 0 Å². The lowest BCUT2D eigenvalue weighted by atomic mass is 10.1. The number of rotatable bonds is 5. The molecule has 0 aliphatic rings. The van der Waals surface area contributed by atoms with Gasteiger partial charge >= 0.3 is 11.9 Å². The van der Waals surface area contributed by atoms with Crippen molar-refractivity contribution in [2.75, 3.05) is 7.11 Å². The van der Waals surface area contributed by atoms with E-state index in [-0.39, 0.29) is 27.6 Å². The summed E-state index contributed by atoms with van der Waals surface area (Å²) in [5.74, 6) is -1.48. The number of nitrogens with zero attached hydrogens (tertiary/aromatic N) is 2. The zero-order chi connectivity index (χ0) is 20.0. The van der Waals surface area contributed by atoms with Crippen LogP contribution in [0.5, 0.6) is 5.75 Å². The number of esters is 2.